The smallest absolute Gasteiger partial charge is 1.00 e. The van der Waals surface area contributed by atoms with Crippen molar-refractivity contribution in [2.45, 2.75) is 0 Å². The SMILES string of the molecule is CNN=Cc1cc(Cl)cc(C=NNC)n1.[Cl-].[Cl-].[Cl-].[Co+3]. The van der Waals surface area contributed by atoms with Crippen LogP contribution in [0.5, 0.6) is 0 Å². The van der Waals surface area contributed by atoms with Crippen molar-refractivity contribution in [3.63, 3.8) is 0 Å². The Labute approximate surface area is 146 Å². The second-order valence-electron chi connectivity index (χ2n) is 2.60. The maximum Gasteiger partial charge on any atom is 3.00 e. The Hall–Kier alpha value is -0.244. The van der Waals surface area contributed by atoms with Crippen molar-refractivity contribution in [1.29, 1.82) is 0 Å². The molecule has 0 unspecified atom stereocenters. The van der Waals surface area contributed by atoms with E-state index in [1.807, 2.05) is 0 Å². The zero-order valence-corrected chi connectivity index (χ0v) is 14.1. The molecular formula is C9H12Cl4CoN5. The summed E-state index contributed by atoms with van der Waals surface area (Å²) < 4.78 is 0. The van der Waals surface area contributed by atoms with Gasteiger partial charge in [0, 0.05) is 19.1 Å². The molecule has 1 aromatic rings. The summed E-state index contributed by atoms with van der Waals surface area (Å²) in [5.41, 5.74) is 6.63. The summed E-state index contributed by atoms with van der Waals surface area (Å²) >= 11 is 5.90. The second kappa shape index (κ2) is 15.8. The van der Waals surface area contributed by atoms with Crippen LogP contribution in [0.15, 0.2) is 22.3 Å². The molecule has 2 N–H and O–H groups in total. The number of rotatable bonds is 4. The molecule has 0 aliphatic carbocycles. The molecular weight excluding hydrogens is 379 g/mol. The fourth-order valence-electron chi connectivity index (χ4n) is 0.931. The Balaban J connectivity index is -0.000000281. The number of pyridine rings is 1. The summed E-state index contributed by atoms with van der Waals surface area (Å²) in [6.45, 7) is 0. The first-order valence-corrected chi connectivity index (χ1v) is 4.71. The Morgan fingerprint density at radius 2 is 1.37 bits per heavy atom. The van der Waals surface area contributed by atoms with Crippen molar-refractivity contribution in [3.8, 4) is 0 Å². The molecule has 0 aliphatic heterocycles. The Morgan fingerprint density at radius 3 is 1.68 bits per heavy atom. The van der Waals surface area contributed by atoms with Crippen molar-refractivity contribution in [3.05, 3.63) is 28.5 Å². The first-order valence-electron chi connectivity index (χ1n) is 4.33. The minimum atomic E-state index is 0. The molecule has 1 heterocycles. The van der Waals surface area contributed by atoms with Crippen LogP contribution >= 0.6 is 11.6 Å². The number of aromatic nitrogens is 1. The first kappa shape index (κ1) is 27.2. The topological polar surface area (TPSA) is 61.7 Å². The van der Waals surface area contributed by atoms with Crippen LogP contribution < -0.4 is 48.1 Å². The number of halogens is 4. The number of nitrogens with one attached hydrogen (secondary N) is 2. The molecule has 0 atom stereocenters. The Morgan fingerprint density at radius 1 is 1.00 bits per heavy atom. The van der Waals surface area contributed by atoms with Gasteiger partial charge in [0.1, 0.15) is 0 Å². The van der Waals surface area contributed by atoms with Gasteiger partial charge in [-0.2, -0.15) is 10.2 Å². The molecule has 5 nitrogen and oxygen atoms in total. The van der Waals surface area contributed by atoms with E-state index in [4.69, 9.17) is 11.6 Å². The molecule has 0 aromatic carbocycles. The summed E-state index contributed by atoms with van der Waals surface area (Å²) in [7, 11) is 3.43. The predicted molar refractivity (Wildman–Crippen MR) is 62.6 cm³/mol. The first-order chi connectivity index (χ1) is 7.26. The van der Waals surface area contributed by atoms with Gasteiger partial charge in [-0.15, -0.1) is 0 Å². The molecule has 1 rings (SSSR count). The number of hydrogen-bond acceptors (Lipinski definition) is 5. The minimum absolute atomic E-state index is 0. The largest absolute Gasteiger partial charge is 3.00 e. The number of nitrogens with zero attached hydrogens (tertiary/aromatic N) is 3. The standard InChI is InChI=1S/C9H12ClN5.3ClH.Co/c1-11-13-5-8-3-7(10)4-9(15-8)6-14-12-2;;;;/h3-6,11-12H,1-2H3;3*1H;/q;;;;+3/p-3. The zero-order chi connectivity index (χ0) is 11.1. The molecule has 1 aromatic heterocycles. The van der Waals surface area contributed by atoms with Gasteiger partial charge < -0.3 is 48.1 Å². The van der Waals surface area contributed by atoms with Crippen molar-refractivity contribution >= 4 is 24.0 Å². The predicted octanol–water partition coefficient (Wildman–Crippen LogP) is -8.15. The fourth-order valence-corrected chi connectivity index (χ4v) is 1.16. The fraction of sp³-hybridized carbons (Fsp3) is 0.222. The zero-order valence-electron chi connectivity index (χ0n) is 10.00. The number of hydrazone groups is 2. The molecule has 0 saturated heterocycles. The van der Waals surface area contributed by atoms with Crippen LogP contribution in [0.25, 0.3) is 0 Å². The summed E-state index contributed by atoms with van der Waals surface area (Å²) in [4.78, 5) is 4.25. The summed E-state index contributed by atoms with van der Waals surface area (Å²) in [5, 5.41) is 8.29. The van der Waals surface area contributed by atoms with E-state index in [1.54, 1.807) is 38.7 Å². The van der Waals surface area contributed by atoms with E-state index in [0.717, 1.165) is 0 Å². The average Bonchev–Trinajstić information content (AvgIpc) is 2.23. The van der Waals surface area contributed by atoms with E-state index >= 15 is 0 Å². The van der Waals surface area contributed by atoms with Crippen molar-refractivity contribution in [1.82, 2.24) is 15.8 Å². The van der Waals surface area contributed by atoms with Gasteiger partial charge in [-0.1, -0.05) is 11.6 Å². The summed E-state index contributed by atoms with van der Waals surface area (Å²) in [6, 6.07) is 3.44. The quantitative estimate of drug-likeness (QED) is 0.396. The van der Waals surface area contributed by atoms with Crippen molar-refractivity contribution in [2.24, 2.45) is 10.2 Å². The third-order valence-corrected chi connectivity index (χ3v) is 1.70. The maximum absolute atomic E-state index is 5.90. The van der Waals surface area contributed by atoms with Crippen LogP contribution in [0.4, 0.5) is 0 Å². The van der Waals surface area contributed by atoms with Gasteiger partial charge in [0.25, 0.3) is 0 Å². The van der Waals surface area contributed by atoms with Gasteiger partial charge in [0.05, 0.1) is 23.8 Å². The normalized spacial score (nSPS) is 8.79. The second-order valence-corrected chi connectivity index (χ2v) is 3.04. The Bertz CT molecular complexity index is 357. The van der Waals surface area contributed by atoms with Gasteiger partial charge in [0.15, 0.2) is 0 Å². The molecule has 0 aliphatic rings. The van der Waals surface area contributed by atoms with Gasteiger partial charge >= 0.3 is 16.8 Å². The van der Waals surface area contributed by atoms with E-state index in [-0.39, 0.29) is 54.0 Å². The van der Waals surface area contributed by atoms with Crippen LogP contribution in [0, 0.1) is 0 Å². The molecule has 0 amide bonds. The van der Waals surface area contributed by atoms with Crippen LogP contribution in [-0.2, 0) is 16.8 Å². The van der Waals surface area contributed by atoms with Crippen LogP contribution in [-0.4, -0.2) is 31.5 Å². The van der Waals surface area contributed by atoms with Crippen molar-refractivity contribution < 1.29 is 54.0 Å². The monoisotopic (exact) mass is 389 g/mol. The summed E-state index contributed by atoms with van der Waals surface area (Å²) in [5.74, 6) is 0. The molecule has 0 bridgehead atoms. The van der Waals surface area contributed by atoms with Gasteiger partial charge in [0.2, 0.25) is 0 Å². The van der Waals surface area contributed by atoms with Crippen LogP contribution in [0.3, 0.4) is 0 Å². The number of hydrogen-bond donors (Lipinski definition) is 2. The molecule has 0 spiro atoms. The molecule has 19 heavy (non-hydrogen) atoms. The molecule has 0 fully saturated rings. The van der Waals surface area contributed by atoms with Gasteiger partial charge in [-0.05, 0) is 12.1 Å². The van der Waals surface area contributed by atoms with E-state index in [2.05, 4.69) is 26.0 Å². The van der Waals surface area contributed by atoms with Crippen LogP contribution in [0.2, 0.25) is 5.02 Å². The van der Waals surface area contributed by atoms with E-state index < -0.39 is 0 Å². The molecule has 0 radical (unpaired) electrons. The molecule has 0 saturated carbocycles. The molecule has 10 heteroatoms. The summed E-state index contributed by atoms with van der Waals surface area (Å²) in [6.07, 6.45) is 3.17. The van der Waals surface area contributed by atoms with Gasteiger partial charge in [-0.3, -0.25) is 0 Å². The van der Waals surface area contributed by atoms with Crippen LogP contribution in [0.1, 0.15) is 11.4 Å². The maximum atomic E-state index is 5.90. The molecule has 110 valence electrons. The minimum Gasteiger partial charge on any atom is -1.00 e. The van der Waals surface area contributed by atoms with Crippen molar-refractivity contribution in [2.75, 3.05) is 14.1 Å². The van der Waals surface area contributed by atoms with E-state index in [0.29, 0.717) is 16.4 Å². The van der Waals surface area contributed by atoms with E-state index in [9.17, 15) is 0 Å². The average molecular weight is 391 g/mol. The van der Waals surface area contributed by atoms with Gasteiger partial charge in [-0.25, -0.2) is 4.98 Å². The van der Waals surface area contributed by atoms with E-state index in [1.165, 1.54) is 0 Å². The Kier molecular flexibility index (Phi) is 22.6. The third kappa shape index (κ3) is 11.3. The third-order valence-electron chi connectivity index (χ3n) is 1.48.